The van der Waals surface area contributed by atoms with E-state index in [1.807, 2.05) is 45.0 Å². The topological polar surface area (TPSA) is 32.3 Å². The van der Waals surface area contributed by atoms with Gasteiger partial charge in [0.05, 0.1) is 6.54 Å². The number of carbonyl (C=O) groups excluding carboxylic acids is 1. The molecule has 2 aromatic carbocycles. The molecule has 3 rings (SSSR count). The number of rotatable bonds is 3. The largest absolute Gasteiger partial charge is 0.325 e. The van der Waals surface area contributed by atoms with E-state index in [2.05, 4.69) is 10.2 Å². The minimum atomic E-state index is -0.220. The molecule has 2 aromatic rings. The van der Waals surface area contributed by atoms with Crippen molar-refractivity contribution < 1.29 is 9.18 Å². The summed E-state index contributed by atoms with van der Waals surface area (Å²) in [6, 6.07) is 10.9. The van der Waals surface area contributed by atoms with Crippen molar-refractivity contribution in [2.45, 2.75) is 33.2 Å². The molecule has 1 atom stereocenters. The zero-order valence-electron chi connectivity index (χ0n) is 14.4. The summed E-state index contributed by atoms with van der Waals surface area (Å²) in [6.45, 7) is 7.18. The zero-order valence-corrected chi connectivity index (χ0v) is 14.4. The third-order valence-corrected chi connectivity index (χ3v) is 5.00. The molecule has 1 amide bonds. The Morgan fingerprint density at radius 1 is 1.29 bits per heavy atom. The lowest BCUT2D eigenvalue weighted by atomic mass is 9.93. The lowest BCUT2D eigenvalue weighted by Crippen LogP contribution is -2.39. The molecule has 4 heteroatoms. The molecule has 0 fully saturated rings. The molecule has 0 radical (unpaired) electrons. The first-order valence-electron chi connectivity index (χ1n) is 8.34. The van der Waals surface area contributed by atoms with Crippen LogP contribution in [0.2, 0.25) is 0 Å². The van der Waals surface area contributed by atoms with Crippen molar-refractivity contribution in [1.29, 1.82) is 0 Å². The van der Waals surface area contributed by atoms with Crippen molar-refractivity contribution in [3.05, 3.63) is 64.5 Å². The number of carbonyl (C=O) groups is 1. The summed E-state index contributed by atoms with van der Waals surface area (Å²) >= 11 is 0. The van der Waals surface area contributed by atoms with E-state index in [9.17, 15) is 9.18 Å². The quantitative estimate of drug-likeness (QED) is 0.924. The van der Waals surface area contributed by atoms with Crippen LogP contribution in [0.4, 0.5) is 10.1 Å². The molecule has 0 aliphatic carbocycles. The Kier molecular flexibility index (Phi) is 4.67. The fourth-order valence-corrected chi connectivity index (χ4v) is 3.31. The molecule has 1 unspecified atom stereocenters. The Hall–Kier alpha value is -2.20. The second-order valence-corrected chi connectivity index (χ2v) is 6.54. The van der Waals surface area contributed by atoms with Crippen molar-refractivity contribution in [3.8, 4) is 0 Å². The van der Waals surface area contributed by atoms with Gasteiger partial charge in [0.15, 0.2) is 0 Å². The van der Waals surface area contributed by atoms with Crippen LogP contribution in [0.15, 0.2) is 36.4 Å². The first-order valence-corrected chi connectivity index (χ1v) is 8.34. The summed E-state index contributed by atoms with van der Waals surface area (Å²) in [5, 5.41) is 3.00. The van der Waals surface area contributed by atoms with E-state index in [1.165, 1.54) is 11.6 Å². The van der Waals surface area contributed by atoms with E-state index < -0.39 is 0 Å². The van der Waals surface area contributed by atoms with E-state index in [4.69, 9.17) is 0 Å². The summed E-state index contributed by atoms with van der Waals surface area (Å²) in [7, 11) is 0. The fraction of sp³-hybridized carbons (Fsp3) is 0.350. The maximum Gasteiger partial charge on any atom is 0.238 e. The third kappa shape index (κ3) is 3.34. The number of anilines is 1. The van der Waals surface area contributed by atoms with Gasteiger partial charge in [0.1, 0.15) is 5.82 Å². The lowest BCUT2D eigenvalue weighted by molar-refractivity contribution is -0.117. The second kappa shape index (κ2) is 6.73. The Morgan fingerprint density at radius 2 is 2.08 bits per heavy atom. The van der Waals surface area contributed by atoms with Crippen LogP contribution in [0, 0.1) is 19.7 Å². The number of hydrogen-bond acceptors (Lipinski definition) is 2. The van der Waals surface area contributed by atoms with Crippen LogP contribution in [0.3, 0.4) is 0 Å². The standard InChI is InChI=1S/C20H23FN2O/c1-13-5-4-6-19(14(13)2)22-20(24)12-23-10-9-16-7-8-17(21)11-18(16)15(23)3/h4-8,11,15H,9-10,12H2,1-3H3,(H,22,24). The smallest absolute Gasteiger partial charge is 0.238 e. The van der Waals surface area contributed by atoms with Crippen molar-refractivity contribution in [1.82, 2.24) is 4.90 Å². The van der Waals surface area contributed by atoms with Crippen LogP contribution < -0.4 is 5.32 Å². The molecule has 0 spiro atoms. The molecule has 24 heavy (non-hydrogen) atoms. The van der Waals surface area contributed by atoms with Crippen LogP contribution in [-0.2, 0) is 11.2 Å². The van der Waals surface area contributed by atoms with E-state index >= 15 is 0 Å². The van der Waals surface area contributed by atoms with Gasteiger partial charge in [0.2, 0.25) is 5.91 Å². The van der Waals surface area contributed by atoms with Gasteiger partial charge in [-0.15, -0.1) is 0 Å². The van der Waals surface area contributed by atoms with Crippen LogP contribution in [-0.4, -0.2) is 23.9 Å². The molecule has 1 heterocycles. The number of amides is 1. The molecule has 3 nitrogen and oxygen atoms in total. The summed E-state index contributed by atoms with van der Waals surface area (Å²) < 4.78 is 13.5. The van der Waals surface area contributed by atoms with E-state index in [0.717, 1.165) is 35.3 Å². The highest BCUT2D eigenvalue weighted by atomic mass is 19.1. The first kappa shape index (κ1) is 16.7. The molecule has 0 bridgehead atoms. The predicted octanol–water partition coefficient (Wildman–Crippen LogP) is 4.00. The lowest BCUT2D eigenvalue weighted by Gasteiger charge is -2.34. The summed E-state index contributed by atoms with van der Waals surface area (Å²) in [5.41, 5.74) is 5.26. The average Bonchev–Trinajstić information content (AvgIpc) is 2.55. The number of nitrogens with zero attached hydrogens (tertiary/aromatic N) is 1. The van der Waals surface area contributed by atoms with Crippen molar-refractivity contribution in [3.63, 3.8) is 0 Å². The molecule has 1 N–H and O–H groups in total. The second-order valence-electron chi connectivity index (χ2n) is 6.54. The van der Waals surface area contributed by atoms with Crippen LogP contribution in [0.5, 0.6) is 0 Å². The number of benzene rings is 2. The maximum absolute atomic E-state index is 13.5. The summed E-state index contributed by atoms with van der Waals surface area (Å²) in [4.78, 5) is 14.5. The molecule has 1 aliphatic heterocycles. The van der Waals surface area contributed by atoms with Gasteiger partial charge < -0.3 is 5.32 Å². The van der Waals surface area contributed by atoms with E-state index in [1.54, 1.807) is 6.07 Å². The summed E-state index contributed by atoms with van der Waals surface area (Å²) in [6.07, 6.45) is 0.844. The highest BCUT2D eigenvalue weighted by Crippen LogP contribution is 2.29. The fourth-order valence-electron chi connectivity index (χ4n) is 3.31. The molecular weight excluding hydrogens is 303 g/mol. The normalized spacial score (nSPS) is 17.4. The highest BCUT2D eigenvalue weighted by Gasteiger charge is 2.25. The third-order valence-electron chi connectivity index (χ3n) is 5.00. The van der Waals surface area contributed by atoms with Crippen molar-refractivity contribution >= 4 is 11.6 Å². The molecule has 0 saturated carbocycles. The van der Waals surface area contributed by atoms with Crippen LogP contribution in [0.25, 0.3) is 0 Å². The van der Waals surface area contributed by atoms with Gasteiger partial charge in [-0.2, -0.15) is 0 Å². The number of aryl methyl sites for hydroxylation is 1. The molecule has 0 saturated heterocycles. The number of nitrogens with one attached hydrogen (secondary N) is 1. The maximum atomic E-state index is 13.5. The molecular formula is C20H23FN2O. The monoisotopic (exact) mass is 326 g/mol. The summed E-state index contributed by atoms with van der Waals surface area (Å²) in [5.74, 6) is -0.252. The molecule has 0 aromatic heterocycles. The van der Waals surface area contributed by atoms with E-state index in [0.29, 0.717) is 6.54 Å². The van der Waals surface area contributed by atoms with Gasteiger partial charge in [0.25, 0.3) is 0 Å². The average molecular weight is 326 g/mol. The number of hydrogen-bond donors (Lipinski definition) is 1. The van der Waals surface area contributed by atoms with E-state index in [-0.39, 0.29) is 17.8 Å². The Bertz CT molecular complexity index is 772. The highest BCUT2D eigenvalue weighted by molar-refractivity contribution is 5.93. The van der Waals surface area contributed by atoms with Crippen LogP contribution >= 0.6 is 0 Å². The Morgan fingerprint density at radius 3 is 2.88 bits per heavy atom. The van der Waals surface area contributed by atoms with Gasteiger partial charge in [-0.05, 0) is 67.6 Å². The first-order chi connectivity index (χ1) is 11.5. The van der Waals surface area contributed by atoms with Crippen molar-refractivity contribution in [2.75, 3.05) is 18.4 Å². The van der Waals surface area contributed by atoms with Gasteiger partial charge in [0, 0.05) is 18.3 Å². The van der Waals surface area contributed by atoms with Crippen LogP contribution in [0.1, 0.15) is 35.2 Å². The molecule has 1 aliphatic rings. The van der Waals surface area contributed by atoms with Gasteiger partial charge in [-0.3, -0.25) is 9.69 Å². The molecule has 126 valence electrons. The van der Waals surface area contributed by atoms with Gasteiger partial charge in [-0.1, -0.05) is 18.2 Å². The van der Waals surface area contributed by atoms with Gasteiger partial charge in [-0.25, -0.2) is 4.39 Å². The SMILES string of the molecule is Cc1cccc(NC(=O)CN2CCc3ccc(F)cc3C2C)c1C. The van der Waals surface area contributed by atoms with Crippen molar-refractivity contribution in [2.24, 2.45) is 0 Å². The predicted molar refractivity (Wildman–Crippen MR) is 94.6 cm³/mol. The minimum Gasteiger partial charge on any atom is -0.325 e. The van der Waals surface area contributed by atoms with Gasteiger partial charge >= 0.3 is 0 Å². The minimum absolute atomic E-state index is 0.0320. The number of fused-ring (bicyclic) bond motifs is 1. The zero-order chi connectivity index (χ0) is 17.3. The Balaban J connectivity index is 1.70. The number of halogens is 1. The Labute approximate surface area is 142 Å².